The molecule has 2 heteroatoms. The first-order valence-corrected chi connectivity index (χ1v) is 7.88. The summed E-state index contributed by atoms with van der Waals surface area (Å²) in [6.07, 6.45) is 0.981. The Balaban J connectivity index is 2.55. The van der Waals surface area contributed by atoms with Crippen LogP contribution in [-0.2, 0) is 5.04 Å². The van der Waals surface area contributed by atoms with E-state index >= 15 is 0 Å². The van der Waals surface area contributed by atoms with E-state index in [-0.39, 0.29) is 10.4 Å². The maximum Gasteiger partial charge on any atom is 0.0435 e. The smallest absolute Gasteiger partial charge is 0.0435 e. The number of alkyl halides is 1. The first kappa shape index (κ1) is 13.4. The SMILES string of the molecule is CCC(Cl)C([SiH3])(c1ccccc1)c1ccccc1. The van der Waals surface area contributed by atoms with Gasteiger partial charge in [-0.25, -0.2) is 0 Å². The molecule has 94 valence electrons. The van der Waals surface area contributed by atoms with Crippen LogP contribution in [0.2, 0.25) is 0 Å². The van der Waals surface area contributed by atoms with Crippen LogP contribution < -0.4 is 0 Å². The Kier molecular flexibility index (Phi) is 4.26. The van der Waals surface area contributed by atoms with Gasteiger partial charge in [0, 0.05) is 20.7 Å². The fourth-order valence-corrected chi connectivity index (χ4v) is 3.83. The van der Waals surface area contributed by atoms with E-state index in [1.807, 2.05) is 0 Å². The van der Waals surface area contributed by atoms with Crippen molar-refractivity contribution in [2.24, 2.45) is 0 Å². The molecule has 0 radical (unpaired) electrons. The average molecular weight is 275 g/mol. The maximum absolute atomic E-state index is 6.68. The van der Waals surface area contributed by atoms with E-state index in [1.165, 1.54) is 11.1 Å². The number of rotatable bonds is 4. The molecule has 0 saturated carbocycles. The predicted molar refractivity (Wildman–Crippen MR) is 83.5 cm³/mol. The first-order valence-electron chi connectivity index (χ1n) is 6.44. The largest absolute Gasteiger partial charge is 0.122 e. The molecule has 2 rings (SSSR count). The summed E-state index contributed by atoms with van der Waals surface area (Å²) < 4.78 is 0. The van der Waals surface area contributed by atoms with Crippen LogP contribution in [-0.4, -0.2) is 15.6 Å². The second kappa shape index (κ2) is 5.72. The summed E-state index contributed by atoms with van der Waals surface area (Å²) in [5, 5.41) is 0.146. The molecule has 2 aromatic rings. The number of hydrogen-bond acceptors (Lipinski definition) is 0. The van der Waals surface area contributed by atoms with Crippen molar-refractivity contribution in [1.29, 1.82) is 0 Å². The van der Waals surface area contributed by atoms with Gasteiger partial charge >= 0.3 is 0 Å². The molecule has 0 aliphatic carbocycles. The molecule has 1 atom stereocenters. The second-order valence-electron chi connectivity index (χ2n) is 4.81. The molecule has 0 fully saturated rings. The third-order valence-corrected chi connectivity index (χ3v) is 6.69. The summed E-state index contributed by atoms with van der Waals surface area (Å²) in [4.78, 5) is 0. The third-order valence-electron chi connectivity index (χ3n) is 3.73. The maximum atomic E-state index is 6.68. The molecule has 0 amide bonds. The van der Waals surface area contributed by atoms with E-state index in [0.29, 0.717) is 0 Å². The molecule has 18 heavy (non-hydrogen) atoms. The van der Waals surface area contributed by atoms with Crippen LogP contribution in [0.15, 0.2) is 60.7 Å². The topological polar surface area (TPSA) is 0 Å². The Morgan fingerprint density at radius 2 is 1.33 bits per heavy atom. The average Bonchev–Trinajstić information content (AvgIpc) is 2.47. The van der Waals surface area contributed by atoms with Crippen molar-refractivity contribution in [1.82, 2.24) is 0 Å². The highest BCUT2D eigenvalue weighted by atomic mass is 35.5. The molecule has 0 N–H and O–H groups in total. The van der Waals surface area contributed by atoms with Gasteiger partial charge in [0.1, 0.15) is 0 Å². The third kappa shape index (κ3) is 2.38. The zero-order valence-electron chi connectivity index (χ0n) is 10.9. The lowest BCUT2D eigenvalue weighted by Crippen LogP contribution is -2.37. The lowest BCUT2D eigenvalue weighted by atomic mass is 9.86. The van der Waals surface area contributed by atoms with Crippen molar-refractivity contribution in [3.05, 3.63) is 71.8 Å². The van der Waals surface area contributed by atoms with Crippen LogP contribution in [0.4, 0.5) is 0 Å². The highest BCUT2D eigenvalue weighted by Gasteiger charge is 2.35. The molecule has 0 aromatic heterocycles. The van der Waals surface area contributed by atoms with Gasteiger partial charge in [-0.15, -0.1) is 11.6 Å². The molecule has 0 saturated heterocycles. The zero-order chi connectivity index (χ0) is 13.0. The van der Waals surface area contributed by atoms with Crippen LogP contribution in [0.3, 0.4) is 0 Å². The van der Waals surface area contributed by atoms with E-state index in [0.717, 1.165) is 16.7 Å². The fourth-order valence-electron chi connectivity index (χ4n) is 2.51. The van der Waals surface area contributed by atoms with Crippen LogP contribution in [0.5, 0.6) is 0 Å². The minimum Gasteiger partial charge on any atom is -0.122 e. The van der Waals surface area contributed by atoms with E-state index in [1.54, 1.807) is 0 Å². The van der Waals surface area contributed by atoms with Gasteiger partial charge in [0.2, 0.25) is 0 Å². The quantitative estimate of drug-likeness (QED) is 0.593. The molecule has 0 heterocycles. The van der Waals surface area contributed by atoms with Gasteiger partial charge in [0.15, 0.2) is 0 Å². The Labute approximate surface area is 117 Å². The number of hydrogen-bond donors (Lipinski definition) is 0. The lowest BCUT2D eigenvalue weighted by molar-refractivity contribution is 0.642. The Hall–Kier alpha value is -1.05. The van der Waals surface area contributed by atoms with Gasteiger partial charge in [-0.05, 0) is 17.5 Å². The molecule has 0 aliphatic heterocycles. The van der Waals surface area contributed by atoms with E-state index in [9.17, 15) is 0 Å². The van der Waals surface area contributed by atoms with Crippen LogP contribution in [0, 0.1) is 0 Å². The number of benzene rings is 2. The Morgan fingerprint density at radius 3 is 1.67 bits per heavy atom. The van der Waals surface area contributed by atoms with Crippen molar-refractivity contribution in [2.45, 2.75) is 23.8 Å². The predicted octanol–water partition coefficient (Wildman–Crippen LogP) is 3.31. The Bertz CT molecular complexity index is 441. The van der Waals surface area contributed by atoms with Gasteiger partial charge in [0.25, 0.3) is 0 Å². The molecule has 0 bridgehead atoms. The summed E-state index contributed by atoms with van der Waals surface area (Å²) in [7, 11) is 1.01. The van der Waals surface area contributed by atoms with Crippen molar-refractivity contribution < 1.29 is 0 Å². The monoisotopic (exact) mass is 274 g/mol. The lowest BCUT2D eigenvalue weighted by Gasteiger charge is -2.35. The zero-order valence-corrected chi connectivity index (χ0v) is 13.7. The van der Waals surface area contributed by atoms with Gasteiger partial charge < -0.3 is 0 Å². The molecule has 2 aromatic carbocycles. The first-order chi connectivity index (χ1) is 8.69. The summed E-state index contributed by atoms with van der Waals surface area (Å²) >= 11 is 6.68. The minimum atomic E-state index is -0.00117. The highest BCUT2D eigenvalue weighted by molar-refractivity contribution is 6.30. The molecular weight excluding hydrogens is 256 g/mol. The highest BCUT2D eigenvalue weighted by Crippen LogP contribution is 2.36. The normalized spacial score (nSPS) is 13.4. The number of halogens is 1. The van der Waals surface area contributed by atoms with E-state index in [2.05, 4.69) is 67.6 Å². The van der Waals surface area contributed by atoms with Crippen LogP contribution in [0.1, 0.15) is 24.5 Å². The van der Waals surface area contributed by atoms with Crippen LogP contribution >= 0.6 is 11.6 Å². The van der Waals surface area contributed by atoms with Gasteiger partial charge in [0.05, 0.1) is 0 Å². The van der Waals surface area contributed by atoms with E-state index in [4.69, 9.17) is 11.6 Å². The van der Waals surface area contributed by atoms with Gasteiger partial charge in [-0.1, -0.05) is 67.6 Å². The minimum absolute atomic E-state index is 0.00117. The van der Waals surface area contributed by atoms with Crippen LogP contribution in [0.25, 0.3) is 0 Å². The molecular formula is C16H19ClSi. The van der Waals surface area contributed by atoms with Crippen molar-refractivity contribution in [3.8, 4) is 0 Å². The van der Waals surface area contributed by atoms with Gasteiger partial charge in [-0.3, -0.25) is 0 Å². The summed E-state index contributed by atoms with van der Waals surface area (Å²) in [5.41, 5.74) is 2.68. The fraction of sp³-hybridized carbons (Fsp3) is 0.250. The Morgan fingerprint density at radius 1 is 0.944 bits per heavy atom. The van der Waals surface area contributed by atoms with Crippen molar-refractivity contribution in [2.75, 3.05) is 0 Å². The van der Waals surface area contributed by atoms with Crippen molar-refractivity contribution in [3.63, 3.8) is 0 Å². The summed E-state index contributed by atoms with van der Waals surface area (Å²) in [5.74, 6) is 0. The molecule has 0 spiro atoms. The summed E-state index contributed by atoms with van der Waals surface area (Å²) in [6.45, 7) is 2.16. The van der Waals surface area contributed by atoms with E-state index < -0.39 is 0 Å². The standard InChI is InChI=1S/C16H19ClSi/c1-2-15(17)16(18,13-9-5-3-6-10-13)14-11-7-4-8-12-14/h3-12,15H,2H2,1,18H3. The van der Waals surface area contributed by atoms with Gasteiger partial charge in [-0.2, -0.15) is 0 Å². The van der Waals surface area contributed by atoms with Crippen molar-refractivity contribution >= 4 is 21.8 Å². The molecule has 0 nitrogen and oxygen atoms in total. The molecule has 1 unspecified atom stereocenters. The molecule has 0 aliphatic rings. The second-order valence-corrected chi connectivity index (χ2v) is 6.91. The summed E-state index contributed by atoms with van der Waals surface area (Å²) in [6, 6.07) is 21.3.